The summed E-state index contributed by atoms with van der Waals surface area (Å²) in [6.45, 7) is 9.88. The van der Waals surface area contributed by atoms with Gasteiger partial charge >= 0.3 is 0 Å². The zero-order chi connectivity index (χ0) is 14.5. The van der Waals surface area contributed by atoms with Gasteiger partial charge < -0.3 is 10.1 Å². The molecule has 0 spiro atoms. The van der Waals surface area contributed by atoms with Gasteiger partial charge in [-0.3, -0.25) is 4.68 Å². The number of aryl methyl sites for hydroxylation is 2. The Kier molecular flexibility index (Phi) is 5.87. The number of hydrogen-bond acceptors (Lipinski definition) is 3. The minimum absolute atomic E-state index is 0.461. The average Bonchev–Trinajstić information content (AvgIpc) is 2.75. The van der Waals surface area contributed by atoms with Crippen LogP contribution in [0.25, 0.3) is 0 Å². The number of aromatic nitrogens is 2. The Balaban J connectivity index is 2.14. The highest BCUT2D eigenvalue weighted by molar-refractivity contribution is 6.31. The number of ether oxygens (including phenoxy) is 1. The maximum Gasteiger partial charge on any atom is 0.0847 e. The Morgan fingerprint density at radius 1 is 1.40 bits per heavy atom. The van der Waals surface area contributed by atoms with Crippen molar-refractivity contribution >= 4 is 11.6 Å². The Labute approximate surface area is 126 Å². The minimum Gasteiger partial charge on any atom is -0.381 e. The van der Waals surface area contributed by atoms with Crippen LogP contribution in [0.5, 0.6) is 0 Å². The zero-order valence-electron chi connectivity index (χ0n) is 12.8. The normalized spacial score (nSPS) is 18.4. The van der Waals surface area contributed by atoms with Crippen LogP contribution in [0.15, 0.2) is 0 Å². The van der Waals surface area contributed by atoms with Crippen LogP contribution >= 0.6 is 11.6 Å². The molecule has 1 aliphatic heterocycles. The molecule has 0 aromatic carbocycles. The van der Waals surface area contributed by atoms with Gasteiger partial charge in [-0.1, -0.05) is 18.5 Å². The Morgan fingerprint density at radius 2 is 2.10 bits per heavy atom. The molecular weight excluding hydrogens is 274 g/mol. The Morgan fingerprint density at radius 3 is 2.70 bits per heavy atom. The smallest absolute Gasteiger partial charge is 0.0847 e. The van der Waals surface area contributed by atoms with Gasteiger partial charge in [-0.2, -0.15) is 5.10 Å². The van der Waals surface area contributed by atoms with Crippen molar-refractivity contribution < 1.29 is 4.74 Å². The quantitative estimate of drug-likeness (QED) is 0.878. The lowest BCUT2D eigenvalue weighted by molar-refractivity contribution is 0.0537. The van der Waals surface area contributed by atoms with E-state index in [-0.39, 0.29) is 0 Å². The molecule has 1 unspecified atom stereocenters. The van der Waals surface area contributed by atoms with Gasteiger partial charge in [0.1, 0.15) is 0 Å². The van der Waals surface area contributed by atoms with Gasteiger partial charge in [-0.25, -0.2) is 0 Å². The molecule has 1 N–H and O–H groups in total. The van der Waals surface area contributed by atoms with E-state index in [9.17, 15) is 0 Å². The predicted octanol–water partition coefficient (Wildman–Crippen LogP) is 2.81. The molecule has 1 atom stereocenters. The first kappa shape index (κ1) is 15.8. The summed E-state index contributed by atoms with van der Waals surface area (Å²) in [4.78, 5) is 0. The van der Waals surface area contributed by atoms with E-state index in [1.54, 1.807) is 0 Å². The Hall–Kier alpha value is -0.580. The fourth-order valence-corrected chi connectivity index (χ4v) is 3.27. The maximum atomic E-state index is 6.44. The second-order valence-electron chi connectivity index (χ2n) is 5.48. The average molecular weight is 300 g/mol. The fraction of sp³-hybridized carbons (Fsp3) is 0.800. The molecule has 4 nitrogen and oxygen atoms in total. The van der Waals surface area contributed by atoms with E-state index in [2.05, 4.69) is 24.3 Å². The van der Waals surface area contributed by atoms with Gasteiger partial charge in [-0.15, -0.1) is 0 Å². The van der Waals surface area contributed by atoms with Crippen LogP contribution in [-0.4, -0.2) is 35.6 Å². The minimum atomic E-state index is 0.461. The molecule has 0 bridgehead atoms. The summed E-state index contributed by atoms with van der Waals surface area (Å²) in [6, 6.07) is 0.461. The van der Waals surface area contributed by atoms with Crippen LogP contribution in [0, 0.1) is 12.8 Å². The summed E-state index contributed by atoms with van der Waals surface area (Å²) in [5.41, 5.74) is 2.11. The molecule has 0 saturated carbocycles. The molecule has 1 aromatic heterocycles. The lowest BCUT2D eigenvalue weighted by atomic mass is 9.88. The SMILES string of the molecule is CCNC(Cc1c(Cl)c(C)nn1CC)C1CCOCC1. The van der Waals surface area contributed by atoms with Crippen molar-refractivity contribution in [2.45, 2.75) is 52.6 Å². The van der Waals surface area contributed by atoms with E-state index in [0.717, 1.165) is 56.3 Å². The third-order valence-corrected chi connectivity index (χ3v) is 4.66. The summed E-state index contributed by atoms with van der Waals surface area (Å²) in [5, 5.41) is 8.99. The van der Waals surface area contributed by atoms with Crippen molar-refractivity contribution in [1.29, 1.82) is 0 Å². The first-order valence-corrected chi connectivity index (χ1v) is 8.08. The van der Waals surface area contributed by atoms with Crippen molar-refractivity contribution in [3.8, 4) is 0 Å². The van der Waals surface area contributed by atoms with E-state index in [4.69, 9.17) is 16.3 Å². The topological polar surface area (TPSA) is 39.1 Å². The highest BCUT2D eigenvalue weighted by Crippen LogP contribution is 2.26. The number of halogens is 1. The summed E-state index contributed by atoms with van der Waals surface area (Å²) >= 11 is 6.44. The van der Waals surface area contributed by atoms with Gasteiger partial charge in [0.15, 0.2) is 0 Å². The molecule has 0 amide bonds. The maximum absolute atomic E-state index is 6.44. The first-order valence-electron chi connectivity index (χ1n) is 7.70. The lowest BCUT2D eigenvalue weighted by Crippen LogP contribution is -2.41. The molecule has 1 fully saturated rings. The molecule has 114 valence electrons. The van der Waals surface area contributed by atoms with Gasteiger partial charge in [0.05, 0.1) is 16.4 Å². The number of nitrogens with one attached hydrogen (secondary N) is 1. The van der Waals surface area contributed by atoms with Crippen LogP contribution in [0.4, 0.5) is 0 Å². The first-order chi connectivity index (χ1) is 9.67. The van der Waals surface area contributed by atoms with E-state index in [1.807, 2.05) is 11.6 Å². The number of likely N-dealkylation sites (N-methyl/N-ethyl adjacent to an activating group) is 1. The number of rotatable bonds is 6. The number of nitrogens with zero attached hydrogens (tertiary/aromatic N) is 2. The highest BCUT2D eigenvalue weighted by atomic mass is 35.5. The fourth-order valence-electron chi connectivity index (χ4n) is 3.06. The molecule has 1 saturated heterocycles. The van der Waals surface area contributed by atoms with Crippen molar-refractivity contribution in [3.05, 3.63) is 16.4 Å². The summed E-state index contributed by atoms with van der Waals surface area (Å²) in [6.07, 6.45) is 3.22. The van der Waals surface area contributed by atoms with Crippen LogP contribution < -0.4 is 5.32 Å². The lowest BCUT2D eigenvalue weighted by Gasteiger charge is -2.31. The van der Waals surface area contributed by atoms with Crippen molar-refractivity contribution in [3.63, 3.8) is 0 Å². The molecule has 5 heteroatoms. The molecule has 2 heterocycles. The van der Waals surface area contributed by atoms with Crippen LogP contribution in [0.3, 0.4) is 0 Å². The molecule has 1 aliphatic rings. The summed E-state index contributed by atoms with van der Waals surface area (Å²) in [7, 11) is 0. The monoisotopic (exact) mass is 299 g/mol. The van der Waals surface area contributed by atoms with E-state index in [0.29, 0.717) is 12.0 Å². The molecular formula is C15H26ClN3O. The summed E-state index contributed by atoms with van der Waals surface area (Å²) < 4.78 is 7.52. The molecule has 2 rings (SSSR count). The van der Waals surface area contributed by atoms with Crippen LogP contribution in [0.1, 0.15) is 38.1 Å². The van der Waals surface area contributed by atoms with Gasteiger partial charge in [0.25, 0.3) is 0 Å². The molecule has 0 aliphatic carbocycles. The summed E-state index contributed by atoms with van der Waals surface area (Å²) in [5.74, 6) is 0.667. The van der Waals surface area contributed by atoms with E-state index in [1.165, 1.54) is 5.69 Å². The van der Waals surface area contributed by atoms with Crippen LogP contribution in [-0.2, 0) is 17.7 Å². The highest BCUT2D eigenvalue weighted by Gasteiger charge is 2.26. The van der Waals surface area contributed by atoms with Gasteiger partial charge in [-0.05, 0) is 39.2 Å². The second-order valence-corrected chi connectivity index (χ2v) is 5.86. The largest absolute Gasteiger partial charge is 0.381 e. The molecule has 20 heavy (non-hydrogen) atoms. The molecule has 0 radical (unpaired) electrons. The van der Waals surface area contributed by atoms with Crippen molar-refractivity contribution in [1.82, 2.24) is 15.1 Å². The standard InChI is InChI=1S/C15H26ClN3O/c1-4-17-13(12-6-8-20-9-7-12)10-14-15(16)11(3)18-19(14)5-2/h12-13,17H,4-10H2,1-3H3. The van der Waals surface area contributed by atoms with E-state index < -0.39 is 0 Å². The van der Waals surface area contributed by atoms with Crippen molar-refractivity contribution in [2.24, 2.45) is 5.92 Å². The third kappa shape index (κ3) is 3.54. The zero-order valence-corrected chi connectivity index (χ0v) is 13.5. The number of hydrogen-bond donors (Lipinski definition) is 1. The van der Waals surface area contributed by atoms with Crippen molar-refractivity contribution in [2.75, 3.05) is 19.8 Å². The van der Waals surface area contributed by atoms with E-state index >= 15 is 0 Å². The second kappa shape index (κ2) is 7.43. The Bertz CT molecular complexity index is 427. The van der Waals surface area contributed by atoms with Crippen LogP contribution in [0.2, 0.25) is 5.02 Å². The predicted molar refractivity (Wildman–Crippen MR) is 82.4 cm³/mol. The van der Waals surface area contributed by atoms with Gasteiger partial charge in [0, 0.05) is 32.2 Å². The molecule has 1 aromatic rings. The third-order valence-electron chi connectivity index (χ3n) is 4.17. The van der Waals surface area contributed by atoms with Gasteiger partial charge in [0.2, 0.25) is 0 Å².